The molecule has 0 fully saturated rings. The molecule has 0 N–H and O–H groups in total. The van der Waals surface area contributed by atoms with Crippen LogP contribution in [0.2, 0.25) is 0 Å². The van der Waals surface area contributed by atoms with Gasteiger partial charge in [0.05, 0.1) is 6.61 Å². The van der Waals surface area contributed by atoms with Crippen molar-refractivity contribution in [1.82, 2.24) is 0 Å². The summed E-state index contributed by atoms with van der Waals surface area (Å²) in [5.74, 6) is -0.244. The van der Waals surface area contributed by atoms with E-state index >= 15 is 0 Å². The third kappa shape index (κ3) is 5.24. The van der Waals surface area contributed by atoms with Gasteiger partial charge in [-0.25, -0.2) is 0 Å². The fraction of sp³-hybridized carbons (Fsp3) is 0.308. The van der Waals surface area contributed by atoms with Crippen LogP contribution >= 0.6 is 0 Å². The highest BCUT2D eigenvalue weighted by molar-refractivity contribution is 5.69. The van der Waals surface area contributed by atoms with E-state index in [9.17, 15) is 13.6 Å². The maximum atomic E-state index is 12.0. The molecule has 92 valence electrons. The van der Waals surface area contributed by atoms with Crippen LogP contribution in [0.1, 0.15) is 24.5 Å². The summed E-state index contributed by atoms with van der Waals surface area (Å²) >= 11 is 0. The SMILES string of the molecule is CCOC(=O)CCc1ccc(C=C(F)F)cc1. The zero-order valence-corrected chi connectivity index (χ0v) is 9.58. The summed E-state index contributed by atoms with van der Waals surface area (Å²) in [6, 6.07) is 6.65. The summed E-state index contributed by atoms with van der Waals surface area (Å²) in [5.41, 5.74) is 1.37. The monoisotopic (exact) mass is 240 g/mol. The van der Waals surface area contributed by atoms with E-state index in [-0.39, 0.29) is 5.97 Å². The molecule has 0 aliphatic carbocycles. The van der Waals surface area contributed by atoms with E-state index in [1.807, 2.05) is 0 Å². The molecule has 0 atom stereocenters. The molecule has 1 rings (SSSR count). The molecule has 0 saturated carbocycles. The van der Waals surface area contributed by atoms with Crippen LogP contribution in [0, 0.1) is 0 Å². The standard InChI is InChI=1S/C13H14F2O2/c1-2-17-13(16)8-7-10-3-5-11(6-4-10)9-12(14)15/h3-6,9H,2,7-8H2,1H3. The lowest BCUT2D eigenvalue weighted by Crippen LogP contribution is -2.05. The predicted molar refractivity (Wildman–Crippen MR) is 61.6 cm³/mol. The normalized spacial score (nSPS) is 9.82. The van der Waals surface area contributed by atoms with Gasteiger partial charge in [-0.2, -0.15) is 8.78 Å². The zero-order chi connectivity index (χ0) is 12.7. The summed E-state index contributed by atoms with van der Waals surface area (Å²) < 4.78 is 28.7. The van der Waals surface area contributed by atoms with Crippen LogP contribution < -0.4 is 0 Å². The molecule has 0 aliphatic rings. The van der Waals surface area contributed by atoms with Crippen molar-refractivity contribution in [3.05, 3.63) is 41.5 Å². The number of esters is 1. The molecule has 17 heavy (non-hydrogen) atoms. The van der Waals surface area contributed by atoms with Gasteiger partial charge in [0.25, 0.3) is 6.08 Å². The minimum Gasteiger partial charge on any atom is -0.466 e. The fourth-order valence-electron chi connectivity index (χ4n) is 1.39. The molecule has 0 aliphatic heterocycles. The number of carbonyl (C=O) groups excluding carboxylic acids is 1. The van der Waals surface area contributed by atoms with Crippen LogP contribution in [0.5, 0.6) is 0 Å². The Morgan fingerprint density at radius 2 is 1.94 bits per heavy atom. The molecule has 0 unspecified atom stereocenters. The predicted octanol–water partition coefficient (Wildman–Crippen LogP) is 3.42. The van der Waals surface area contributed by atoms with E-state index < -0.39 is 6.08 Å². The summed E-state index contributed by atoms with van der Waals surface area (Å²) in [6.07, 6.45) is -0.0550. The van der Waals surface area contributed by atoms with E-state index in [1.54, 1.807) is 31.2 Å². The first-order chi connectivity index (χ1) is 8.11. The zero-order valence-electron chi connectivity index (χ0n) is 9.58. The van der Waals surface area contributed by atoms with Gasteiger partial charge in [-0.3, -0.25) is 4.79 Å². The van der Waals surface area contributed by atoms with E-state index in [4.69, 9.17) is 4.74 Å². The van der Waals surface area contributed by atoms with Gasteiger partial charge in [0.2, 0.25) is 0 Å². The molecule has 0 aromatic heterocycles. The second-order valence-corrected chi connectivity index (χ2v) is 3.48. The van der Waals surface area contributed by atoms with E-state index in [0.29, 0.717) is 25.0 Å². The first kappa shape index (κ1) is 13.4. The Morgan fingerprint density at radius 1 is 1.29 bits per heavy atom. The molecule has 2 nitrogen and oxygen atoms in total. The topological polar surface area (TPSA) is 26.3 Å². The fourth-order valence-corrected chi connectivity index (χ4v) is 1.39. The second kappa shape index (κ2) is 6.78. The van der Waals surface area contributed by atoms with Crippen LogP contribution in [-0.4, -0.2) is 12.6 Å². The number of benzene rings is 1. The Morgan fingerprint density at radius 3 is 2.47 bits per heavy atom. The van der Waals surface area contributed by atoms with Crippen LogP contribution in [0.25, 0.3) is 6.08 Å². The van der Waals surface area contributed by atoms with Gasteiger partial charge in [0, 0.05) is 12.5 Å². The molecular formula is C13H14F2O2. The third-order valence-electron chi connectivity index (χ3n) is 2.18. The van der Waals surface area contributed by atoms with Gasteiger partial charge in [0.15, 0.2) is 0 Å². The number of rotatable bonds is 5. The number of ether oxygens (including phenoxy) is 1. The Bertz CT molecular complexity index is 392. The van der Waals surface area contributed by atoms with Gasteiger partial charge >= 0.3 is 5.97 Å². The Kier molecular flexibility index (Phi) is 5.33. The van der Waals surface area contributed by atoms with Crippen LogP contribution in [0.4, 0.5) is 8.78 Å². The molecule has 0 spiro atoms. The van der Waals surface area contributed by atoms with Crippen molar-refractivity contribution in [3.8, 4) is 0 Å². The number of hydrogen-bond donors (Lipinski definition) is 0. The number of hydrogen-bond acceptors (Lipinski definition) is 2. The smallest absolute Gasteiger partial charge is 0.306 e. The lowest BCUT2D eigenvalue weighted by molar-refractivity contribution is -0.143. The van der Waals surface area contributed by atoms with E-state index in [0.717, 1.165) is 11.6 Å². The summed E-state index contributed by atoms with van der Waals surface area (Å²) in [5, 5.41) is 0. The number of carbonyl (C=O) groups is 1. The molecule has 4 heteroatoms. The Labute approximate surface area is 98.9 Å². The first-order valence-electron chi connectivity index (χ1n) is 5.39. The maximum Gasteiger partial charge on any atom is 0.306 e. The highest BCUT2D eigenvalue weighted by Gasteiger charge is 2.02. The molecular weight excluding hydrogens is 226 g/mol. The average Bonchev–Trinajstić information content (AvgIpc) is 2.28. The maximum absolute atomic E-state index is 12.0. The molecule has 0 saturated heterocycles. The summed E-state index contributed by atoms with van der Waals surface area (Å²) in [6.45, 7) is 2.13. The lowest BCUT2D eigenvalue weighted by Gasteiger charge is -2.02. The van der Waals surface area contributed by atoms with Gasteiger partial charge < -0.3 is 4.74 Å². The quantitative estimate of drug-likeness (QED) is 0.737. The van der Waals surface area contributed by atoms with Gasteiger partial charge in [-0.1, -0.05) is 24.3 Å². The van der Waals surface area contributed by atoms with Crippen molar-refractivity contribution in [3.63, 3.8) is 0 Å². The van der Waals surface area contributed by atoms with Crippen molar-refractivity contribution in [2.45, 2.75) is 19.8 Å². The molecule has 0 bridgehead atoms. The molecule has 0 radical (unpaired) electrons. The summed E-state index contributed by atoms with van der Waals surface area (Å²) in [4.78, 5) is 11.1. The Hall–Kier alpha value is -1.71. The highest BCUT2D eigenvalue weighted by atomic mass is 19.3. The van der Waals surface area contributed by atoms with Gasteiger partial charge in [-0.05, 0) is 24.5 Å². The van der Waals surface area contributed by atoms with E-state index in [2.05, 4.69) is 0 Å². The van der Waals surface area contributed by atoms with Gasteiger partial charge in [0.1, 0.15) is 0 Å². The third-order valence-corrected chi connectivity index (χ3v) is 2.18. The van der Waals surface area contributed by atoms with Crippen LogP contribution in [0.3, 0.4) is 0 Å². The Balaban J connectivity index is 2.51. The van der Waals surface area contributed by atoms with Gasteiger partial charge in [-0.15, -0.1) is 0 Å². The largest absolute Gasteiger partial charge is 0.466 e. The first-order valence-corrected chi connectivity index (χ1v) is 5.39. The second-order valence-electron chi connectivity index (χ2n) is 3.48. The average molecular weight is 240 g/mol. The lowest BCUT2D eigenvalue weighted by atomic mass is 10.1. The number of halogens is 2. The van der Waals surface area contributed by atoms with Crippen molar-refractivity contribution in [1.29, 1.82) is 0 Å². The molecule has 0 amide bonds. The minimum atomic E-state index is -1.72. The van der Waals surface area contributed by atoms with Crippen molar-refractivity contribution in [2.24, 2.45) is 0 Å². The van der Waals surface area contributed by atoms with E-state index in [1.165, 1.54) is 0 Å². The molecule has 1 aromatic carbocycles. The van der Waals surface area contributed by atoms with Crippen LogP contribution in [0.15, 0.2) is 30.3 Å². The minimum absolute atomic E-state index is 0.244. The van der Waals surface area contributed by atoms with Crippen LogP contribution in [-0.2, 0) is 16.0 Å². The van der Waals surface area contributed by atoms with Crippen molar-refractivity contribution < 1.29 is 18.3 Å². The number of aryl methyl sites for hydroxylation is 1. The molecule has 0 heterocycles. The summed E-state index contributed by atoms with van der Waals surface area (Å²) in [7, 11) is 0. The highest BCUT2D eigenvalue weighted by Crippen LogP contribution is 2.11. The van der Waals surface area contributed by atoms with Crippen molar-refractivity contribution in [2.75, 3.05) is 6.61 Å². The van der Waals surface area contributed by atoms with Crippen molar-refractivity contribution >= 4 is 12.0 Å². The molecule has 1 aromatic rings.